The number of nitrogens with two attached hydrogens (primary N) is 1. The minimum absolute atomic E-state index is 0.0185. The summed E-state index contributed by atoms with van der Waals surface area (Å²) in [6.45, 7) is 0. The van der Waals surface area contributed by atoms with E-state index in [1.54, 1.807) is 12.1 Å². The first kappa shape index (κ1) is 23.4. The number of aromatic nitrogens is 1. The maximum atomic E-state index is 14.6. The minimum Gasteiger partial charge on any atom is -0.398 e. The first-order chi connectivity index (χ1) is 16.2. The number of alkyl halides is 2. The van der Waals surface area contributed by atoms with Crippen LogP contribution in [-0.2, 0) is 4.79 Å². The number of nitrogens with one attached hydrogen (secondary N) is 1. The van der Waals surface area contributed by atoms with Crippen LogP contribution in [0.15, 0.2) is 54.7 Å². The van der Waals surface area contributed by atoms with Crippen molar-refractivity contribution < 1.29 is 27.2 Å². The molecule has 1 aromatic heterocycles. The maximum absolute atomic E-state index is 14.6. The monoisotopic (exact) mass is 471 g/mol. The average Bonchev–Trinajstić information content (AvgIpc) is 2.81. The molecule has 9 heteroatoms. The number of rotatable bonds is 5. The summed E-state index contributed by atoms with van der Waals surface area (Å²) >= 11 is 0. The van der Waals surface area contributed by atoms with Crippen molar-refractivity contribution in [2.75, 3.05) is 11.1 Å². The van der Waals surface area contributed by atoms with E-state index in [1.807, 2.05) is 0 Å². The molecule has 176 valence electrons. The second-order valence-corrected chi connectivity index (χ2v) is 8.24. The van der Waals surface area contributed by atoms with Crippen molar-refractivity contribution in [3.05, 3.63) is 77.6 Å². The molecule has 1 amide bonds. The van der Waals surface area contributed by atoms with Crippen molar-refractivity contribution in [1.29, 1.82) is 0 Å². The Hall–Kier alpha value is -3.75. The molecule has 0 radical (unpaired) electrons. The predicted molar refractivity (Wildman–Crippen MR) is 120 cm³/mol. The number of benzene rings is 2. The lowest BCUT2D eigenvalue weighted by Crippen LogP contribution is -2.27. The van der Waals surface area contributed by atoms with Crippen molar-refractivity contribution in [3.63, 3.8) is 0 Å². The van der Waals surface area contributed by atoms with Gasteiger partial charge in [-0.25, -0.2) is 17.6 Å². The number of Topliss-reactive ketones (excluding diaryl/α,β-unsaturated/α-hetero) is 1. The van der Waals surface area contributed by atoms with Crippen LogP contribution in [0.2, 0.25) is 0 Å². The molecule has 2 aromatic carbocycles. The fourth-order valence-corrected chi connectivity index (χ4v) is 4.16. The molecule has 1 heterocycles. The van der Waals surface area contributed by atoms with Crippen LogP contribution in [0.5, 0.6) is 0 Å². The van der Waals surface area contributed by atoms with Crippen LogP contribution in [0.3, 0.4) is 0 Å². The van der Waals surface area contributed by atoms with Crippen LogP contribution in [0, 0.1) is 11.6 Å². The maximum Gasteiger partial charge on any atom is 0.296 e. The van der Waals surface area contributed by atoms with Gasteiger partial charge in [-0.15, -0.1) is 0 Å². The van der Waals surface area contributed by atoms with Crippen molar-refractivity contribution >= 4 is 23.1 Å². The second-order valence-electron chi connectivity index (χ2n) is 8.24. The number of carbonyl (C=O) groups is 2. The number of hydrogen-bond donors (Lipinski definition) is 2. The zero-order valence-electron chi connectivity index (χ0n) is 18.0. The smallest absolute Gasteiger partial charge is 0.296 e. The summed E-state index contributed by atoms with van der Waals surface area (Å²) in [6, 6.07) is 10.2. The summed E-state index contributed by atoms with van der Waals surface area (Å²) in [7, 11) is 0. The predicted octanol–water partition coefficient (Wildman–Crippen LogP) is 5.72. The van der Waals surface area contributed by atoms with Crippen LogP contribution >= 0.6 is 0 Å². The molecule has 34 heavy (non-hydrogen) atoms. The number of para-hydroxylation sites is 1. The normalized spacial score (nSPS) is 15.6. The Bertz CT molecular complexity index is 1250. The molecule has 1 aliphatic carbocycles. The third-order valence-corrected chi connectivity index (χ3v) is 5.95. The Morgan fingerprint density at radius 1 is 1.00 bits per heavy atom. The van der Waals surface area contributed by atoms with E-state index >= 15 is 0 Å². The highest BCUT2D eigenvalue weighted by atomic mass is 19.3. The first-order valence-corrected chi connectivity index (χ1v) is 10.7. The van der Waals surface area contributed by atoms with E-state index in [9.17, 15) is 27.2 Å². The molecule has 3 aromatic rings. The molecular formula is C25H21F4N3O2. The zero-order valence-corrected chi connectivity index (χ0v) is 18.0. The zero-order chi connectivity index (χ0) is 24.5. The molecule has 0 saturated heterocycles. The van der Waals surface area contributed by atoms with E-state index in [-0.39, 0.29) is 59.4 Å². The summed E-state index contributed by atoms with van der Waals surface area (Å²) in [5.41, 5.74) is 6.02. The average molecular weight is 471 g/mol. The summed E-state index contributed by atoms with van der Waals surface area (Å²) in [5, 5.41) is 2.48. The molecule has 5 nitrogen and oxygen atoms in total. The fourth-order valence-electron chi connectivity index (χ4n) is 4.16. The lowest BCUT2D eigenvalue weighted by Gasteiger charge is -2.29. The van der Waals surface area contributed by atoms with Crippen LogP contribution in [-0.4, -0.2) is 22.6 Å². The number of hydrogen-bond acceptors (Lipinski definition) is 4. The Kier molecular flexibility index (Phi) is 6.37. The van der Waals surface area contributed by atoms with Gasteiger partial charge in [0.25, 0.3) is 11.7 Å². The van der Waals surface area contributed by atoms with Gasteiger partial charge in [0.2, 0.25) is 5.92 Å². The molecular weight excluding hydrogens is 450 g/mol. The van der Waals surface area contributed by atoms with Gasteiger partial charge in [-0.05, 0) is 49.2 Å². The quantitative estimate of drug-likeness (QED) is 0.216. The van der Waals surface area contributed by atoms with Crippen molar-refractivity contribution in [3.8, 4) is 11.1 Å². The summed E-state index contributed by atoms with van der Waals surface area (Å²) in [5.74, 6) is -6.74. The summed E-state index contributed by atoms with van der Waals surface area (Å²) < 4.78 is 56.1. The third-order valence-electron chi connectivity index (χ3n) is 5.95. The van der Waals surface area contributed by atoms with Gasteiger partial charge in [0, 0.05) is 41.8 Å². The van der Waals surface area contributed by atoms with E-state index in [4.69, 9.17) is 5.73 Å². The van der Waals surface area contributed by atoms with Crippen LogP contribution < -0.4 is 11.1 Å². The molecule has 3 N–H and O–H groups in total. The fraction of sp³-hybridized carbons (Fsp3) is 0.240. The van der Waals surface area contributed by atoms with Gasteiger partial charge in [0.05, 0.1) is 16.9 Å². The molecule has 0 spiro atoms. The first-order valence-electron chi connectivity index (χ1n) is 10.7. The molecule has 0 atom stereocenters. The Balaban J connectivity index is 1.78. The number of nitrogen functional groups attached to an aromatic ring is 1. The minimum atomic E-state index is -2.80. The van der Waals surface area contributed by atoms with Crippen molar-refractivity contribution in [1.82, 2.24) is 4.98 Å². The highest BCUT2D eigenvalue weighted by Crippen LogP contribution is 2.44. The van der Waals surface area contributed by atoms with Gasteiger partial charge in [0.15, 0.2) is 0 Å². The van der Waals surface area contributed by atoms with Gasteiger partial charge in [-0.2, -0.15) is 0 Å². The van der Waals surface area contributed by atoms with Crippen molar-refractivity contribution in [2.45, 2.75) is 37.5 Å². The topological polar surface area (TPSA) is 85.1 Å². The SMILES string of the molecule is Nc1ccccc1C(=O)C(=O)Nc1c(-c2cc(F)ccc2F)ccnc1C1CCC(F)(F)CC1. The van der Waals surface area contributed by atoms with Gasteiger partial charge in [0.1, 0.15) is 11.6 Å². The lowest BCUT2D eigenvalue weighted by molar-refractivity contribution is -0.112. The van der Waals surface area contributed by atoms with Gasteiger partial charge >= 0.3 is 0 Å². The van der Waals surface area contributed by atoms with Crippen LogP contribution in [0.4, 0.5) is 28.9 Å². The molecule has 0 bridgehead atoms. The molecule has 1 saturated carbocycles. The number of amides is 1. The largest absolute Gasteiger partial charge is 0.398 e. The van der Waals surface area contributed by atoms with Crippen LogP contribution in [0.1, 0.15) is 47.7 Å². The Labute approximate surface area is 193 Å². The number of halogens is 4. The van der Waals surface area contributed by atoms with Crippen molar-refractivity contribution in [2.24, 2.45) is 0 Å². The molecule has 0 aliphatic heterocycles. The Morgan fingerprint density at radius 2 is 1.71 bits per heavy atom. The number of ketones is 1. The number of carbonyl (C=O) groups excluding carboxylic acids is 2. The second kappa shape index (κ2) is 9.24. The Morgan fingerprint density at radius 3 is 2.41 bits per heavy atom. The summed E-state index contributed by atoms with van der Waals surface area (Å²) in [6.07, 6.45) is 0.763. The van der Waals surface area contributed by atoms with Crippen LogP contribution in [0.25, 0.3) is 11.1 Å². The highest BCUT2D eigenvalue weighted by molar-refractivity contribution is 6.47. The van der Waals surface area contributed by atoms with E-state index in [0.717, 1.165) is 18.2 Å². The molecule has 1 aliphatic rings. The summed E-state index contributed by atoms with van der Waals surface area (Å²) in [4.78, 5) is 30.0. The number of pyridine rings is 1. The number of nitrogens with zero attached hydrogens (tertiary/aromatic N) is 1. The van der Waals surface area contributed by atoms with E-state index in [0.29, 0.717) is 0 Å². The van der Waals surface area contributed by atoms with E-state index < -0.39 is 35.2 Å². The number of anilines is 2. The molecule has 1 fully saturated rings. The highest BCUT2D eigenvalue weighted by Gasteiger charge is 2.37. The van der Waals surface area contributed by atoms with E-state index in [2.05, 4.69) is 10.3 Å². The van der Waals surface area contributed by atoms with Gasteiger partial charge in [-0.3, -0.25) is 14.6 Å². The van der Waals surface area contributed by atoms with Gasteiger partial charge < -0.3 is 11.1 Å². The molecule has 4 rings (SSSR count). The van der Waals surface area contributed by atoms with E-state index in [1.165, 1.54) is 24.4 Å². The third kappa shape index (κ3) is 4.78. The standard InChI is InChI=1S/C25H21F4N3O2/c26-15-5-6-19(27)18(13-15)16-9-12-31-21(14-7-10-25(28,29)11-8-14)22(16)32-24(34)23(33)17-3-1-2-4-20(17)30/h1-6,9,12-14H,7-8,10-11,30H2,(H,32,34). The van der Waals surface area contributed by atoms with Gasteiger partial charge in [-0.1, -0.05) is 12.1 Å². The lowest BCUT2D eigenvalue weighted by atomic mass is 9.83. The molecule has 0 unspecified atom stereocenters.